The molecule has 1 saturated carbocycles. The highest BCUT2D eigenvalue weighted by atomic mass is 15.3. The first-order valence-corrected chi connectivity index (χ1v) is 7.07. The highest BCUT2D eigenvalue weighted by molar-refractivity contribution is 5.75. The zero-order valence-corrected chi connectivity index (χ0v) is 11.0. The van der Waals surface area contributed by atoms with E-state index in [0.717, 1.165) is 36.5 Å². The summed E-state index contributed by atoms with van der Waals surface area (Å²) in [6.07, 6.45) is 5.86. The van der Waals surface area contributed by atoms with Crippen LogP contribution < -0.4 is 10.2 Å². The second-order valence-corrected chi connectivity index (χ2v) is 5.70. The van der Waals surface area contributed by atoms with Gasteiger partial charge in [-0.3, -0.25) is 4.98 Å². The van der Waals surface area contributed by atoms with Crippen LogP contribution >= 0.6 is 0 Å². The summed E-state index contributed by atoms with van der Waals surface area (Å²) in [5.41, 5.74) is 2.31. The van der Waals surface area contributed by atoms with Gasteiger partial charge in [-0.2, -0.15) is 0 Å². The Balaban J connectivity index is 1.66. The molecule has 4 rings (SSSR count). The Morgan fingerprint density at radius 3 is 2.79 bits per heavy atom. The van der Waals surface area contributed by atoms with Gasteiger partial charge in [-0.15, -0.1) is 0 Å². The molecule has 1 saturated heterocycles. The molecule has 2 fully saturated rings. The van der Waals surface area contributed by atoms with E-state index in [-0.39, 0.29) is 0 Å². The lowest BCUT2D eigenvalue weighted by molar-refractivity contribution is 0.172. The van der Waals surface area contributed by atoms with E-state index in [4.69, 9.17) is 4.98 Å². The minimum absolute atomic E-state index is 0.353. The molecule has 1 aliphatic carbocycles. The zero-order chi connectivity index (χ0) is 12.7. The number of nitrogens with zero attached hydrogens (tertiary/aromatic N) is 3. The second kappa shape index (κ2) is 4.17. The molecule has 0 bridgehead atoms. The van der Waals surface area contributed by atoms with Crippen molar-refractivity contribution in [2.24, 2.45) is 0 Å². The zero-order valence-electron chi connectivity index (χ0n) is 11.0. The number of hydrogen-bond donors (Lipinski definition) is 1. The maximum atomic E-state index is 4.76. The number of para-hydroxylation sites is 2. The highest BCUT2D eigenvalue weighted by Gasteiger charge is 2.40. The second-order valence-electron chi connectivity index (χ2n) is 5.70. The predicted molar refractivity (Wildman–Crippen MR) is 76.3 cm³/mol. The standard InChI is InChI=1S/C15H18N4/c1-2-5-13-12(4-1)16-10-14(18-13)19-9-8-17-15(11-19)6-3-7-15/h1-2,4-5,10,17H,3,6-9,11H2. The van der Waals surface area contributed by atoms with E-state index in [2.05, 4.69) is 15.2 Å². The quantitative estimate of drug-likeness (QED) is 0.844. The molecule has 4 nitrogen and oxygen atoms in total. The average Bonchev–Trinajstić information content (AvgIpc) is 2.45. The first-order chi connectivity index (χ1) is 9.35. The van der Waals surface area contributed by atoms with Crippen molar-refractivity contribution in [3.05, 3.63) is 30.5 Å². The van der Waals surface area contributed by atoms with Crippen molar-refractivity contribution in [3.63, 3.8) is 0 Å². The summed E-state index contributed by atoms with van der Waals surface area (Å²) < 4.78 is 0. The first kappa shape index (κ1) is 11.2. The number of hydrogen-bond acceptors (Lipinski definition) is 4. The van der Waals surface area contributed by atoms with Crippen LogP contribution in [0.1, 0.15) is 19.3 Å². The molecule has 0 radical (unpaired) electrons. The first-order valence-electron chi connectivity index (χ1n) is 7.07. The minimum atomic E-state index is 0.353. The summed E-state index contributed by atoms with van der Waals surface area (Å²) in [4.78, 5) is 11.7. The van der Waals surface area contributed by atoms with E-state index in [1.54, 1.807) is 0 Å². The third-order valence-electron chi connectivity index (χ3n) is 4.45. The van der Waals surface area contributed by atoms with E-state index >= 15 is 0 Å². The molecule has 1 aliphatic heterocycles. The molecule has 19 heavy (non-hydrogen) atoms. The van der Waals surface area contributed by atoms with Crippen LogP contribution in [0.2, 0.25) is 0 Å². The van der Waals surface area contributed by atoms with E-state index in [1.165, 1.54) is 19.3 Å². The van der Waals surface area contributed by atoms with Gasteiger partial charge in [0, 0.05) is 25.2 Å². The van der Waals surface area contributed by atoms with Gasteiger partial charge in [0.1, 0.15) is 5.82 Å². The summed E-state index contributed by atoms with van der Waals surface area (Å²) in [5.74, 6) is 1.02. The van der Waals surface area contributed by atoms with Crippen LogP contribution in [0.3, 0.4) is 0 Å². The van der Waals surface area contributed by atoms with E-state index in [1.807, 2.05) is 30.5 Å². The molecular weight excluding hydrogens is 236 g/mol. The monoisotopic (exact) mass is 254 g/mol. The number of benzene rings is 1. The van der Waals surface area contributed by atoms with Crippen molar-refractivity contribution in [2.75, 3.05) is 24.5 Å². The van der Waals surface area contributed by atoms with Gasteiger partial charge < -0.3 is 10.2 Å². The summed E-state index contributed by atoms with van der Waals surface area (Å²) in [5, 5.41) is 3.68. The van der Waals surface area contributed by atoms with Crippen molar-refractivity contribution >= 4 is 16.9 Å². The van der Waals surface area contributed by atoms with E-state index < -0.39 is 0 Å². The molecule has 1 aromatic heterocycles. The number of nitrogens with one attached hydrogen (secondary N) is 1. The fraction of sp³-hybridized carbons (Fsp3) is 0.467. The molecule has 2 heterocycles. The van der Waals surface area contributed by atoms with Gasteiger partial charge in [0.05, 0.1) is 17.2 Å². The average molecular weight is 254 g/mol. The topological polar surface area (TPSA) is 41.1 Å². The molecule has 98 valence electrons. The Hall–Kier alpha value is -1.68. The van der Waals surface area contributed by atoms with Crippen LogP contribution in [0.5, 0.6) is 0 Å². The Bertz CT molecular complexity index is 606. The molecule has 1 N–H and O–H groups in total. The number of piperazine rings is 1. The van der Waals surface area contributed by atoms with Gasteiger partial charge in [0.15, 0.2) is 0 Å². The molecule has 2 aliphatic rings. The van der Waals surface area contributed by atoms with Crippen LogP contribution in [0.25, 0.3) is 11.0 Å². The molecule has 0 amide bonds. The van der Waals surface area contributed by atoms with Crippen molar-refractivity contribution in [1.82, 2.24) is 15.3 Å². The molecule has 0 atom stereocenters. The Morgan fingerprint density at radius 2 is 2.00 bits per heavy atom. The summed E-state index contributed by atoms with van der Waals surface area (Å²) in [6, 6.07) is 8.07. The molecule has 0 unspecified atom stereocenters. The lowest BCUT2D eigenvalue weighted by Crippen LogP contribution is -2.64. The summed E-state index contributed by atoms with van der Waals surface area (Å²) in [7, 11) is 0. The number of anilines is 1. The Kier molecular flexibility index (Phi) is 2.45. The lowest BCUT2D eigenvalue weighted by atomic mass is 9.75. The maximum Gasteiger partial charge on any atom is 0.147 e. The van der Waals surface area contributed by atoms with E-state index in [9.17, 15) is 0 Å². The molecular formula is C15H18N4. The van der Waals surface area contributed by atoms with Gasteiger partial charge in [-0.1, -0.05) is 12.1 Å². The van der Waals surface area contributed by atoms with Crippen molar-refractivity contribution in [2.45, 2.75) is 24.8 Å². The molecule has 1 spiro atoms. The minimum Gasteiger partial charge on any atom is -0.352 e. The van der Waals surface area contributed by atoms with Crippen molar-refractivity contribution in [1.29, 1.82) is 0 Å². The summed E-state index contributed by atoms with van der Waals surface area (Å²) >= 11 is 0. The molecule has 1 aromatic carbocycles. The van der Waals surface area contributed by atoms with Crippen LogP contribution in [0.4, 0.5) is 5.82 Å². The predicted octanol–water partition coefficient (Wildman–Crippen LogP) is 1.96. The normalized spacial score (nSPS) is 21.6. The number of aromatic nitrogens is 2. The number of fused-ring (bicyclic) bond motifs is 1. The van der Waals surface area contributed by atoms with Crippen molar-refractivity contribution < 1.29 is 0 Å². The molecule has 2 aromatic rings. The highest BCUT2D eigenvalue weighted by Crippen LogP contribution is 2.35. The fourth-order valence-corrected chi connectivity index (χ4v) is 3.19. The van der Waals surface area contributed by atoms with Crippen LogP contribution in [-0.2, 0) is 0 Å². The van der Waals surface area contributed by atoms with Gasteiger partial charge in [-0.05, 0) is 31.4 Å². The Morgan fingerprint density at radius 1 is 1.16 bits per heavy atom. The van der Waals surface area contributed by atoms with Gasteiger partial charge in [-0.25, -0.2) is 4.98 Å². The van der Waals surface area contributed by atoms with E-state index in [0.29, 0.717) is 5.54 Å². The largest absolute Gasteiger partial charge is 0.352 e. The summed E-state index contributed by atoms with van der Waals surface area (Å²) in [6.45, 7) is 3.14. The Labute approximate surface area is 112 Å². The third kappa shape index (κ3) is 1.87. The van der Waals surface area contributed by atoms with Gasteiger partial charge in [0.25, 0.3) is 0 Å². The SMILES string of the molecule is c1ccc2nc(N3CCNC4(CCC4)C3)cnc2c1. The van der Waals surface area contributed by atoms with Gasteiger partial charge >= 0.3 is 0 Å². The van der Waals surface area contributed by atoms with Crippen LogP contribution in [0, 0.1) is 0 Å². The number of rotatable bonds is 1. The van der Waals surface area contributed by atoms with Crippen LogP contribution in [-0.4, -0.2) is 35.1 Å². The maximum absolute atomic E-state index is 4.76. The van der Waals surface area contributed by atoms with Crippen molar-refractivity contribution in [3.8, 4) is 0 Å². The van der Waals surface area contributed by atoms with Crippen LogP contribution in [0.15, 0.2) is 30.5 Å². The third-order valence-corrected chi connectivity index (χ3v) is 4.45. The smallest absolute Gasteiger partial charge is 0.147 e. The van der Waals surface area contributed by atoms with Gasteiger partial charge in [0.2, 0.25) is 0 Å². The lowest BCUT2D eigenvalue weighted by Gasteiger charge is -2.49. The molecule has 4 heteroatoms. The fourth-order valence-electron chi connectivity index (χ4n) is 3.19.